The Morgan fingerprint density at radius 3 is 2.65 bits per heavy atom. The van der Waals surface area contributed by atoms with Gasteiger partial charge in [0.05, 0.1) is 30.0 Å². The zero-order valence-corrected chi connectivity index (χ0v) is 20.9. The van der Waals surface area contributed by atoms with Gasteiger partial charge in [-0.3, -0.25) is 5.10 Å². The normalized spacial score (nSPS) is 22.0. The minimum atomic E-state index is -0.205. The molecule has 0 aromatic carbocycles. The highest BCUT2D eigenvalue weighted by Gasteiger charge is 2.47. The number of ether oxygens (including phenoxy) is 1. The largest absolute Gasteiger partial charge is 0.390 e. The van der Waals surface area contributed by atoms with Crippen molar-refractivity contribution in [2.75, 3.05) is 24.6 Å². The number of nitrogens with two attached hydrogens (primary N) is 1. The molecule has 2 aliphatic heterocycles. The molecule has 2 fully saturated rings. The monoisotopic (exact) mass is 481 g/mol. The summed E-state index contributed by atoms with van der Waals surface area (Å²) in [7, 11) is 0. The van der Waals surface area contributed by atoms with Crippen molar-refractivity contribution in [2.24, 2.45) is 11.1 Å². The maximum absolute atomic E-state index is 10.1. The number of nitrogens with one attached hydrogen (secondary N) is 1. The molecule has 34 heavy (non-hydrogen) atoms. The summed E-state index contributed by atoms with van der Waals surface area (Å²) in [6.07, 6.45) is 1.94. The summed E-state index contributed by atoms with van der Waals surface area (Å²) in [4.78, 5) is 17.2. The molecule has 4 N–H and O–H groups in total. The van der Waals surface area contributed by atoms with Gasteiger partial charge < -0.3 is 20.5 Å². The molecule has 2 aliphatic rings. The minimum Gasteiger partial charge on any atom is -0.390 e. The molecule has 0 aliphatic carbocycles. The van der Waals surface area contributed by atoms with Gasteiger partial charge in [-0.1, -0.05) is 13.8 Å². The van der Waals surface area contributed by atoms with E-state index < -0.39 is 0 Å². The van der Waals surface area contributed by atoms with E-state index in [-0.39, 0.29) is 24.2 Å². The van der Waals surface area contributed by atoms with Crippen molar-refractivity contribution in [3.8, 4) is 11.8 Å². The number of piperidine rings is 1. The van der Waals surface area contributed by atoms with E-state index in [0.29, 0.717) is 40.9 Å². The van der Waals surface area contributed by atoms with Gasteiger partial charge in [0.2, 0.25) is 5.65 Å². The third-order valence-corrected chi connectivity index (χ3v) is 8.48. The average molecular weight is 482 g/mol. The summed E-state index contributed by atoms with van der Waals surface area (Å²) in [5.41, 5.74) is 9.59. The summed E-state index contributed by atoms with van der Waals surface area (Å²) in [6.45, 7) is 10.4. The molecular weight excluding hydrogens is 450 g/mol. The third-order valence-electron chi connectivity index (χ3n) is 7.10. The molecule has 0 bridgehead atoms. The molecule has 0 unspecified atom stereocenters. The molecule has 180 valence electrons. The van der Waals surface area contributed by atoms with Crippen LogP contribution >= 0.6 is 11.3 Å². The maximum Gasteiger partial charge on any atom is 0.202 e. The lowest BCUT2D eigenvalue weighted by Gasteiger charge is -2.41. The minimum absolute atomic E-state index is 0.0200. The zero-order chi connectivity index (χ0) is 24.0. The molecule has 2 saturated heterocycles. The van der Waals surface area contributed by atoms with Crippen molar-refractivity contribution in [1.29, 1.82) is 0 Å². The lowest BCUT2D eigenvalue weighted by molar-refractivity contribution is 0.0973. The summed E-state index contributed by atoms with van der Waals surface area (Å²) < 4.78 is 5.84. The summed E-state index contributed by atoms with van der Waals surface area (Å²) >= 11 is 1.61. The molecular formula is C24H31N7O2S. The van der Waals surface area contributed by atoms with E-state index in [1.807, 2.05) is 13.8 Å². The Morgan fingerprint density at radius 2 is 2.03 bits per heavy atom. The molecule has 3 aromatic rings. The first-order valence-corrected chi connectivity index (χ1v) is 12.6. The first kappa shape index (κ1) is 23.2. The maximum atomic E-state index is 10.1. The summed E-state index contributed by atoms with van der Waals surface area (Å²) in [6, 6.07) is 0.0480. The summed E-state index contributed by atoms with van der Waals surface area (Å²) in [5, 5.41) is 18.5. The van der Waals surface area contributed by atoms with Gasteiger partial charge in [-0.05, 0) is 38.5 Å². The van der Waals surface area contributed by atoms with Crippen LogP contribution in [0.5, 0.6) is 0 Å². The molecule has 9 nitrogen and oxygen atoms in total. The topological polar surface area (TPSA) is 126 Å². The predicted molar refractivity (Wildman–Crippen MR) is 132 cm³/mol. The number of anilines is 1. The van der Waals surface area contributed by atoms with Crippen LogP contribution in [0.3, 0.4) is 0 Å². The van der Waals surface area contributed by atoms with E-state index in [0.717, 1.165) is 41.5 Å². The first-order chi connectivity index (χ1) is 16.3. The van der Waals surface area contributed by atoms with Crippen LogP contribution in [0.2, 0.25) is 0 Å². The van der Waals surface area contributed by atoms with Crippen molar-refractivity contribution in [3.63, 3.8) is 0 Å². The van der Waals surface area contributed by atoms with E-state index in [2.05, 4.69) is 45.8 Å². The zero-order valence-electron chi connectivity index (χ0n) is 20.1. The second kappa shape index (κ2) is 8.89. The van der Waals surface area contributed by atoms with Gasteiger partial charge in [-0.25, -0.2) is 15.0 Å². The van der Waals surface area contributed by atoms with Crippen LogP contribution in [-0.4, -0.2) is 62.1 Å². The van der Waals surface area contributed by atoms with Crippen LogP contribution in [0, 0.1) is 24.2 Å². The second-order valence-electron chi connectivity index (χ2n) is 9.69. The standard InChI is InChI=1S/C24H31N7O2S/c1-13(2)23-26-14(3)18(34-23)6-5-16-19-21(30-29-16)28-22(17(11-32)27-19)31-9-7-24(8-10-31)12-33-15(4)20(24)25/h13,15,20,32H,7-12,25H2,1-4H3,(H,28,29,30)/t15-,20+/m0/s1. The van der Waals surface area contributed by atoms with Crippen LogP contribution < -0.4 is 10.6 Å². The number of aliphatic hydroxyl groups excluding tert-OH is 1. The number of fused-ring (bicyclic) bond motifs is 1. The van der Waals surface area contributed by atoms with Crippen molar-refractivity contribution in [3.05, 3.63) is 27.0 Å². The van der Waals surface area contributed by atoms with Crippen LogP contribution in [0.15, 0.2) is 0 Å². The van der Waals surface area contributed by atoms with E-state index in [4.69, 9.17) is 20.4 Å². The number of rotatable bonds is 3. The number of aromatic nitrogens is 5. The third kappa shape index (κ3) is 3.96. The molecule has 2 atom stereocenters. The Bertz CT molecular complexity index is 1260. The highest BCUT2D eigenvalue weighted by molar-refractivity contribution is 7.12. The van der Waals surface area contributed by atoms with Crippen LogP contribution in [-0.2, 0) is 11.3 Å². The number of H-pyrrole nitrogens is 1. The molecule has 0 saturated carbocycles. The fourth-order valence-corrected chi connectivity index (χ4v) is 5.77. The second-order valence-corrected chi connectivity index (χ2v) is 10.7. The SMILES string of the molecule is Cc1nc(C(C)C)sc1C#Cc1[nH]nc2nc(N3CCC4(CC3)CO[C@@H](C)[C@H]4N)c(CO)nc12. The van der Waals surface area contributed by atoms with Crippen LogP contribution in [0.25, 0.3) is 11.2 Å². The molecule has 1 spiro atoms. The Kier molecular flexibility index (Phi) is 6.06. The molecule has 10 heteroatoms. The van der Waals surface area contributed by atoms with E-state index in [1.54, 1.807) is 11.3 Å². The van der Waals surface area contributed by atoms with E-state index in [9.17, 15) is 5.11 Å². The number of aliphatic hydroxyl groups is 1. The Balaban J connectivity index is 1.41. The van der Waals surface area contributed by atoms with Gasteiger partial charge in [-0.15, -0.1) is 11.3 Å². The Morgan fingerprint density at radius 1 is 1.26 bits per heavy atom. The molecule has 5 heterocycles. The number of hydrogen-bond acceptors (Lipinski definition) is 9. The lowest BCUT2D eigenvalue weighted by Crippen LogP contribution is -2.51. The Hall–Kier alpha value is -2.58. The van der Waals surface area contributed by atoms with Gasteiger partial charge in [0, 0.05) is 30.5 Å². The molecule has 0 amide bonds. The fourth-order valence-electron chi connectivity index (χ4n) is 4.84. The summed E-state index contributed by atoms with van der Waals surface area (Å²) in [5.74, 6) is 7.40. The molecule has 5 rings (SSSR count). The van der Waals surface area contributed by atoms with Gasteiger partial charge in [-0.2, -0.15) is 5.10 Å². The quantitative estimate of drug-likeness (QED) is 0.487. The van der Waals surface area contributed by atoms with Crippen molar-refractivity contribution in [1.82, 2.24) is 25.1 Å². The van der Waals surface area contributed by atoms with Gasteiger partial charge >= 0.3 is 0 Å². The predicted octanol–water partition coefficient (Wildman–Crippen LogP) is 2.47. The van der Waals surface area contributed by atoms with Gasteiger partial charge in [0.25, 0.3) is 0 Å². The highest BCUT2D eigenvalue weighted by atomic mass is 32.1. The number of hydrogen-bond donors (Lipinski definition) is 3. The lowest BCUT2D eigenvalue weighted by atomic mass is 9.73. The highest BCUT2D eigenvalue weighted by Crippen LogP contribution is 2.42. The van der Waals surface area contributed by atoms with E-state index in [1.165, 1.54) is 0 Å². The van der Waals surface area contributed by atoms with E-state index >= 15 is 0 Å². The molecule has 3 aromatic heterocycles. The van der Waals surface area contributed by atoms with Crippen LogP contribution in [0.1, 0.15) is 66.5 Å². The van der Waals surface area contributed by atoms with Crippen molar-refractivity contribution >= 4 is 28.3 Å². The number of aryl methyl sites for hydroxylation is 1. The smallest absolute Gasteiger partial charge is 0.202 e. The number of thiazole rings is 1. The molecule has 0 radical (unpaired) electrons. The van der Waals surface area contributed by atoms with Crippen molar-refractivity contribution in [2.45, 2.75) is 65.2 Å². The fraction of sp³-hybridized carbons (Fsp3) is 0.583. The number of aromatic amines is 1. The first-order valence-electron chi connectivity index (χ1n) is 11.8. The number of nitrogens with zero attached hydrogens (tertiary/aromatic N) is 5. The van der Waals surface area contributed by atoms with Crippen LogP contribution in [0.4, 0.5) is 5.82 Å². The Labute approximate surface area is 203 Å². The van der Waals surface area contributed by atoms with Gasteiger partial charge in [0.15, 0.2) is 5.82 Å². The van der Waals surface area contributed by atoms with Crippen molar-refractivity contribution < 1.29 is 9.84 Å². The average Bonchev–Trinajstić information content (AvgIpc) is 3.49. The van der Waals surface area contributed by atoms with Gasteiger partial charge in [0.1, 0.15) is 21.8 Å².